The second-order valence-corrected chi connectivity index (χ2v) is 4.83. The summed E-state index contributed by atoms with van der Waals surface area (Å²) < 4.78 is 5.28. The Bertz CT molecular complexity index is 640. The maximum atomic E-state index is 12.4. The molecule has 1 aromatic carbocycles. The van der Waals surface area contributed by atoms with E-state index in [-0.39, 0.29) is 11.8 Å². The first-order valence-electron chi connectivity index (χ1n) is 7.00. The molecule has 1 aliphatic heterocycles. The zero-order valence-electron chi connectivity index (χ0n) is 11.8. The molecule has 5 nitrogen and oxygen atoms in total. The van der Waals surface area contributed by atoms with Crippen LogP contribution < -0.4 is 15.4 Å². The van der Waals surface area contributed by atoms with E-state index in [0.29, 0.717) is 24.7 Å². The summed E-state index contributed by atoms with van der Waals surface area (Å²) in [6, 6.07) is 11.4. The number of nitrogens with zero attached hydrogens (tertiary/aromatic N) is 1. The number of anilines is 2. The average Bonchev–Trinajstić information content (AvgIpc) is 2.93. The fourth-order valence-electron chi connectivity index (χ4n) is 2.43. The molecule has 1 unspecified atom stereocenters. The number of benzene rings is 1. The van der Waals surface area contributed by atoms with E-state index in [1.807, 2.05) is 31.2 Å². The number of hydrogen-bond acceptors (Lipinski definition) is 4. The van der Waals surface area contributed by atoms with Crippen LogP contribution in [0.2, 0.25) is 0 Å². The van der Waals surface area contributed by atoms with Crippen LogP contribution in [0.3, 0.4) is 0 Å². The van der Waals surface area contributed by atoms with Crippen LogP contribution in [0, 0.1) is 0 Å². The quantitative estimate of drug-likeness (QED) is 0.905. The molecule has 0 bridgehead atoms. The maximum Gasteiger partial charge on any atom is 0.233 e. The molecule has 0 saturated heterocycles. The second-order valence-electron chi connectivity index (χ2n) is 4.83. The van der Waals surface area contributed by atoms with E-state index in [4.69, 9.17) is 4.74 Å². The SMILES string of the molecule is CCOc1ccc(NC(=O)C2CNc3ccccc32)cn1. The Hall–Kier alpha value is -2.56. The highest BCUT2D eigenvalue weighted by atomic mass is 16.5. The third-order valence-corrected chi connectivity index (χ3v) is 3.45. The number of fused-ring (bicyclic) bond motifs is 1. The Labute approximate surface area is 123 Å². The Morgan fingerprint density at radius 1 is 1.38 bits per heavy atom. The van der Waals surface area contributed by atoms with Crippen molar-refractivity contribution in [1.29, 1.82) is 0 Å². The lowest BCUT2D eigenvalue weighted by Gasteiger charge is -2.11. The fraction of sp³-hybridized carbons (Fsp3) is 0.250. The van der Waals surface area contributed by atoms with Crippen molar-refractivity contribution in [3.05, 3.63) is 48.2 Å². The number of rotatable bonds is 4. The van der Waals surface area contributed by atoms with Crippen molar-refractivity contribution in [2.45, 2.75) is 12.8 Å². The van der Waals surface area contributed by atoms with Crippen molar-refractivity contribution in [2.75, 3.05) is 23.8 Å². The maximum absolute atomic E-state index is 12.4. The molecule has 0 radical (unpaired) electrons. The molecule has 0 aliphatic carbocycles. The zero-order chi connectivity index (χ0) is 14.7. The second kappa shape index (κ2) is 5.83. The number of nitrogens with one attached hydrogen (secondary N) is 2. The van der Waals surface area contributed by atoms with Gasteiger partial charge in [0, 0.05) is 18.3 Å². The summed E-state index contributed by atoms with van der Waals surface area (Å²) in [4.78, 5) is 16.5. The van der Waals surface area contributed by atoms with Crippen LogP contribution in [0.25, 0.3) is 0 Å². The summed E-state index contributed by atoms with van der Waals surface area (Å²) in [6.45, 7) is 3.10. The molecule has 3 rings (SSSR count). The van der Waals surface area contributed by atoms with Gasteiger partial charge < -0.3 is 15.4 Å². The summed E-state index contributed by atoms with van der Waals surface area (Å²) in [5.41, 5.74) is 2.74. The van der Waals surface area contributed by atoms with Crippen molar-refractivity contribution in [2.24, 2.45) is 0 Å². The molecule has 21 heavy (non-hydrogen) atoms. The van der Waals surface area contributed by atoms with Crippen molar-refractivity contribution in [3.8, 4) is 5.88 Å². The lowest BCUT2D eigenvalue weighted by molar-refractivity contribution is -0.117. The van der Waals surface area contributed by atoms with Crippen molar-refractivity contribution in [1.82, 2.24) is 4.98 Å². The predicted octanol–water partition coefficient (Wildman–Crippen LogP) is 2.63. The number of aromatic nitrogens is 1. The van der Waals surface area contributed by atoms with Crippen LogP contribution in [-0.4, -0.2) is 24.0 Å². The number of amides is 1. The minimum Gasteiger partial charge on any atom is -0.478 e. The van der Waals surface area contributed by atoms with Gasteiger partial charge in [-0.1, -0.05) is 18.2 Å². The van der Waals surface area contributed by atoms with Crippen molar-refractivity contribution < 1.29 is 9.53 Å². The third-order valence-electron chi connectivity index (χ3n) is 3.45. The molecule has 1 atom stereocenters. The van der Waals surface area contributed by atoms with E-state index in [9.17, 15) is 4.79 Å². The van der Waals surface area contributed by atoms with Crippen molar-refractivity contribution >= 4 is 17.3 Å². The normalized spacial score (nSPS) is 16.0. The van der Waals surface area contributed by atoms with Gasteiger partial charge in [-0.25, -0.2) is 4.98 Å². The van der Waals surface area contributed by atoms with E-state index in [2.05, 4.69) is 15.6 Å². The van der Waals surface area contributed by atoms with Crippen LogP contribution in [0.15, 0.2) is 42.6 Å². The Kier molecular flexibility index (Phi) is 3.73. The van der Waals surface area contributed by atoms with Crippen LogP contribution >= 0.6 is 0 Å². The molecular weight excluding hydrogens is 266 g/mol. The number of para-hydroxylation sites is 1. The van der Waals surface area contributed by atoms with Crippen LogP contribution in [-0.2, 0) is 4.79 Å². The predicted molar refractivity (Wildman–Crippen MR) is 81.7 cm³/mol. The van der Waals surface area contributed by atoms with Gasteiger partial charge in [0.15, 0.2) is 0 Å². The van der Waals surface area contributed by atoms with Gasteiger partial charge in [0.2, 0.25) is 11.8 Å². The van der Waals surface area contributed by atoms with Gasteiger partial charge in [0.25, 0.3) is 0 Å². The summed E-state index contributed by atoms with van der Waals surface area (Å²) in [5, 5.41) is 6.14. The van der Waals surface area contributed by atoms with Crippen LogP contribution in [0.5, 0.6) is 5.88 Å². The molecule has 2 N–H and O–H groups in total. The highest BCUT2D eigenvalue weighted by molar-refractivity contribution is 5.98. The van der Waals surface area contributed by atoms with E-state index in [1.54, 1.807) is 18.3 Å². The highest BCUT2D eigenvalue weighted by Gasteiger charge is 2.28. The molecule has 1 aromatic heterocycles. The molecule has 2 aromatic rings. The minimum atomic E-state index is -0.173. The van der Waals surface area contributed by atoms with Gasteiger partial charge in [0.05, 0.1) is 24.4 Å². The Balaban J connectivity index is 1.70. The van der Waals surface area contributed by atoms with E-state index in [1.165, 1.54) is 0 Å². The zero-order valence-corrected chi connectivity index (χ0v) is 11.8. The van der Waals surface area contributed by atoms with Crippen molar-refractivity contribution in [3.63, 3.8) is 0 Å². The minimum absolute atomic E-state index is 0.0293. The third kappa shape index (κ3) is 2.81. The summed E-state index contributed by atoms with van der Waals surface area (Å²) in [5.74, 6) is 0.356. The smallest absolute Gasteiger partial charge is 0.233 e. The van der Waals surface area contributed by atoms with Crippen LogP contribution in [0.4, 0.5) is 11.4 Å². The first-order valence-corrected chi connectivity index (χ1v) is 7.00. The summed E-state index contributed by atoms with van der Waals surface area (Å²) in [7, 11) is 0. The average molecular weight is 283 g/mol. The van der Waals surface area contributed by atoms with Gasteiger partial charge in [-0.2, -0.15) is 0 Å². The number of carbonyl (C=O) groups is 1. The van der Waals surface area contributed by atoms with Gasteiger partial charge in [0.1, 0.15) is 0 Å². The van der Waals surface area contributed by atoms with Gasteiger partial charge in [-0.3, -0.25) is 4.79 Å². The van der Waals surface area contributed by atoms with Crippen LogP contribution in [0.1, 0.15) is 18.4 Å². The number of carbonyl (C=O) groups excluding carboxylic acids is 1. The Morgan fingerprint density at radius 2 is 2.24 bits per heavy atom. The van der Waals surface area contributed by atoms with Gasteiger partial charge in [-0.05, 0) is 24.6 Å². The first-order chi connectivity index (χ1) is 10.3. The number of hydrogen-bond donors (Lipinski definition) is 2. The molecule has 2 heterocycles. The van der Waals surface area contributed by atoms with E-state index < -0.39 is 0 Å². The Morgan fingerprint density at radius 3 is 3.00 bits per heavy atom. The lowest BCUT2D eigenvalue weighted by Crippen LogP contribution is -2.22. The molecule has 1 amide bonds. The van der Waals surface area contributed by atoms with E-state index in [0.717, 1.165) is 11.3 Å². The monoisotopic (exact) mass is 283 g/mol. The standard InChI is InChI=1S/C16H17N3O2/c1-2-21-15-8-7-11(9-18-15)19-16(20)13-10-17-14-6-4-3-5-12(13)14/h3-9,13,17H,2,10H2,1H3,(H,19,20). The summed E-state index contributed by atoms with van der Waals surface area (Å²) in [6.07, 6.45) is 1.61. The molecule has 5 heteroatoms. The largest absolute Gasteiger partial charge is 0.478 e. The number of pyridine rings is 1. The first kappa shape index (κ1) is 13.4. The molecule has 0 saturated carbocycles. The molecule has 108 valence electrons. The summed E-state index contributed by atoms with van der Waals surface area (Å²) >= 11 is 0. The van der Waals surface area contributed by atoms with Gasteiger partial charge in [-0.15, -0.1) is 0 Å². The molecule has 1 aliphatic rings. The fourth-order valence-corrected chi connectivity index (χ4v) is 2.43. The molecule has 0 fully saturated rings. The molecular formula is C16H17N3O2. The molecule has 0 spiro atoms. The van der Waals surface area contributed by atoms with E-state index >= 15 is 0 Å². The highest BCUT2D eigenvalue weighted by Crippen LogP contribution is 2.31. The van der Waals surface area contributed by atoms with Gasteiger partial charge >= 0.3 is 0 Å². The lowest BCUT2D eigenvalue weighted by atomic mass is 10.0. The topological polar surface area (TPSA) is 63.2 Å². The number of ether oxygens (including phenoxy) is 1.